The highest BCUT2D eigenvalue weighted by molar-refractivity contribution is 5.57. The summed E-state index contributed by atoms with van der Waals surface area (Å²) in [5, 5.41) is 33.4. The standard InChI is InChI=1S/C33H27NO4/c1-22-10-2-3-11-25(22)32(27-13-5-8-16-30(27)35)23-18-20-24(21-19-23)33(28-14-6-9-17-31(28)36)26-12-4-7-15-29(26)34(37)38/h2-21,32-33,35-36H,1H3. The van der Waals surface area contributed by atoms with Crippen molar-refractivity contribution in [3.63, 3.8) is 0 Å². The zero-order chi connectivity index (χ0) is 26.6. The maximum Gasteiger partial charge on any atom is 0.273 e. The Labute approximate surface area is 221 Å². The number of nitrogens with zero attached hydrogens (tertiary/aromatic N) is 1. The number of nitro benzene ring substituents is 1. The van der Waals surface area contributed by atoms with Crippen LogP contribution in [-0.2, 0) is 0 Å². The Morgan fingerprint density at radius 1 is 0.553 bits per heavy atom. The number of aromatic hydroxyl groups is 2. The third-order valence-corrected chi connectivity index (χ3v) is 7.04. The van der Waals surface area contributed by atoms with Gasteiger partial charge >= 0.3 is 0 Å². The summed E-state index contributed by atoms with van der Waals surface area (Å²) >= 11 is 0. The molecule has 0 spiro atoms. The fourth-order valence-corrected chi connectivity index (χ4v) is 5.21. The van der Waals surface area contributed by atoms with E-state index in [4.69, 9.17) is 0 Å². The van der Waals surface area contributed by atoms with Gasteiger partial charge in [-0.1, -0.05) is 103 Å². The molecule has 0 amide bonds. The van der Waals surface area contributed by atoms with Crippen molar-refractivity contribution in [2.24, 2.45) is 0 Å². The van der Waals surface area contributed by atoms with Gasteiger partial charge in [0.15, 0.2) is 0 Å². The number of hydrogen-bond acceptors (Lipinski definition) is 4. The van der Waals surface area contributed by atoms with Crippen LogP contribution in [0.3, 0.4) is 0 Å². The van der Waals surface area contributed by atoms with Crippen LogP contribution >= 0.6 is 0 Å². The van der Waals surface area contributed by atoms with Crippen molar-refractivity contribution in [1.29, 1.82) is 0 Å². The van der Waals surface area contributed by atoms with E-state index in [1.165, 1.54) is 6.07 Å². The summed E-state index contributed by atoms with van der Waals surface area (Å²) < 4.78 is 0. The molecule has 0 fully saturated rings. The van der Waals surface area contributed by atoms with Crippen molar-refractivity contribution in [2.45, 2.75) is 18.8 Å². The van der Waals surface area contributed by atoms with Crippen molar-refractivity contribution in [3.8, 4) is 11.5 Å². The summed E-state index contributed by atoms with van der Waals surface area (Å²) in [7, 11) is 0. The first-order valence-corrected chi connectivity index (χ1v) is 12.4. The van der Waals surface area contributed by atoms with Crippen LogP contribution < -0.4 is 0 Å². The van der Waals surface area contributed by atoms with Crippen LogP contribution in [0.4, 0.5) is 5.69 Å². The van der Waals surface area contributed by atoms with E-state index in [-0.39, 0.29) is 28.0 Å². The monoisotopic (exact) mass is 501 g/mol. The maximum absolute atomic E-state index is 11.9. The van der Waals surface area contributed by atoms with E-state index in [2.05, 4.69) is 19.1 Å². The number of benzene rings is 5. The second-order valence-corrected chi connectivity index (χ2v) is 9.32. The van der Waals surface area contributed by atoms with Gasteiger partial charge in [0.2, 0.25) is 0 Å². The third-order valence-electron chi connectivity index (χ3n) is 7.04. The van der Waals surface area contributed by atoms with Gasteiger partial charge in [-0.25, -0.2) is 0 Å². The Morgan fingerprint density at radius 2 is 0.947 bits per heavy atom. The van der Waals surface area contributed by atoms with Crippen molar-refractivity contribution >= 4 is 5.69 Å². The number of aryl methyl sites for hydroxylation is 1. The fraction of sp³-hybridized carbons (Fsp3) is 0.0909. The van der Waals surface area contributed by atoms with Gasteiger partial charge in [-0.05, 0) is 41.3 Å². The normalized spacial score (nSPS) is 12.6. The average Bonchev–Trinajstić information content (AvgIpc) is 2.93. The van der Waals surface area contributed by atoms with Crippen LogP contribution in [0.1, 0.15) is 50.8 Å². The fourth-order valence-electron chi connectivity index (χ4n) is 5.21. The van der Waals surface area contributed by atoms with Crippen LogP contribution in [0.2, 0.25) is 0 Å². The topological polar surface area (TPSA) is 83.6 Å². The van der Waals surface area contributed by atoms with Crippen LogP contribution in [0.25, 0.3) is 0 Å². The lowest BCUT2D eigenvalue weighted by Gasteiger charge is -2.24. The summed E-state index contributed by atoms with van der Waals surface area (Å²) in [6.07, 6.45) is 0. The lowest BCUT2D eigenvalue weighted by atomic mass is 9.80. The molecule has 0 aliphatic rings. The molecule has 0 saturated heterocycles. The van der Waals surface area contributed by atoms with Crippen LogP contribution in [0, 0.1) is 17.0 Å². The highest BCUT2D eigenvalue weighted by atomic mass is 16.6. The van der Waals surface area contributed by atoms with E-state index in [1.54, 1.807) is 48.5 Å². The molecule has 2 atom stereocenters. The van der Waals surface area contributed by atoms with E-state index in [9.17, 15) is 20.3 Å². The molecule has 0 bridgehead atoms. The molecule has 5 nitrogen and oxygen atoms in total. The first-order valence-electron chi connectivity index (χ1n) is 12.4. The Kier molecular flexibility index (Phi) is 6.92. The lowest BCUT2D eigenvalue weighted by molar-refractivity contribution is -0.385. The predicted molar refractivity (Wildman–Crippen MR) is 149 cm³/mol. The van der Waals surface area contributed by atoms with Crippen molar-refractivity contribution < 1.29 is 15.1 Å². The van der Waals surface area contributed by atoms with Gasteiger partial charge in [-0.2, -0.15) is 0 Å². The first-order chi connectivity index (χ1) is 18.5. The van der Waals surface area contributed by atoms with Gasteiger partial charge in [0.05, 0.1) is 4.92 Å². The summed E-state index contributed by atoms with van der Waals surface area (Å²) in [5.74, 6) is -0.460. The van der Waals surface area contributed by atoms with Crippen LogP contribution in [0.5, 0.6) is 11.5 Å². The summed E-state index contributed by atoms with van der Waals surface area (Å²) in [6, 6.07) is 36.9. The molecule has 0 aliphatic heterocycles. The molecule has 2 N–H and O–H groups in total. The Balaban J connectivity index is 1.67. The number of hydrogen-bond donors (Lipinski definition) is 2. The van der Waals surface area contributed by atoms with E-state index < -0.39 is 5.92 Å². The molecule has 0 saturated carbocycles. The Bertz CT molecular complexity index is 1550. The summed E-state index contributed by atoms with van der Waals surface area (Å²) in [4.78, 5) is 11.5. The highest BCUT2D eigenvalue weighted by Gasteiger charge is 2.28. The Hall–Kier alpha value is -4.90. The van der Waals surface area contributed by atoms with Crippen molar-refractivity contribution in [1.82, 2.24) is 0 Å². The minimum absolute atomic E-state index is 0.00294. The van der Waals surface area contributed by atoms with Gasteiger partial charge in [-0.3, -0.25) is 10.1 Å². The van der Waals surface area contributed by atoms with Crippen molar-refractivity contribution in [3.05, 3.63) is 170 Å². The summed E-state index contributed by atoms with van der Waals surface area (Å²) in [5.41, 5.74) is 5.86. The van der Waals surface area contributed by atoms with Gasteiger partial charge in [0.25, 0.3) is 5.69 Å². The van der Waals surface area contributed by atoms with Gasteiger partial charge in [0, 0.05) is 34.6 Å². The number of phenols is 2. The molecule has 5 heteroatoms. The lowest BCUT2D eigenvalue weighted by Crippen LogP contribution is -2.09. The largest absolute Gasteiger partial charge is 0.508 e. The first kappa shape index (κ1) is 24.8. The molecule has 188 valence electrons. The molecular formula is C33H27NO4. The van der Waals surface area contributed by atoms with Gasteiger partial charge in [-0.15, -0.1) is 0 Å². The van der Waals surface area contributed by atoms with Crippen LogP contribution in [-0.4, -0.2) is 15.1 Å². The molecule has 38 heavy (non-hydrogen) atoms. The molecule has 0 aliphatic carbocycles. The number of rotatable bonds is 7. The molecule has 5 rings (SSSR count). The molecule has 2 unspecified atom stereocenters. The average molecular weight is 502 g/mol. The second kappa shape index (κ2) is 10.6. The zero-order valence-corrected chi connectivity index (χ0v) is 20.9. The number of nitro groups is 1. The molecule has 0 aromatic heterocycles. The predicted octanol–water partition coefficient (Wildman–Crippen LogP) is 7.67. The van der Waals surface area contributed by atoms with E-state index in [0.29, 0.717) is 11.1 Å². The minimum atomic E-state index is -0.547. The van der Waals surface area contributed by atoms with E-state index >= 15 is 0 Å². The molecular weight excluding hydrogens is 474 g/mol. The minimum Gasteiger partial charge on any atom is -0.508 e. The van der Waals surface area contributed by atoms with E-state index in [1.807, 2.05) is 54.6 Å². The Morgan fingerprint density at radius 3 is 1.42 bits per heavy atom. The molecule has 0 radical (unpaired) electrons. The SMILES string of the molecule is Cc1ccccc1C(c1ccc(C(c2ccccc2O)c2ccccc2[N+](=O)[O-])cc1)c1ccccc1O. The molecule has 0 heterocycles. The van der Waals surface area contributed by atoms with Crippen LogP contribution in [0.15, 0.2) is 121 Å². The zero-order valence-electron chi connectivity index (χ0n) is 20.9. The second-order valence-electron chi connectivity index (χ2n) is 9.32. The smallest absolute Gasteiger partial charge is 0.273 e. The highest BCUT2D eigenvalue weighted by Crippen LogP contribution is 2.42. The third kappa shape index (κ3) is 4.74. The van der Waals surface area contributed by atoms with E-state index in [0.717, 1.165) is 27.8 Å². The number of phenolic OH excluding ortho intramolecular Hbond substituents is 2. The molecule has 5 aromatic rings. The van der Waals surface area contributed by atoms with Crippen molar-refractivity contribution in [2.75, 3.05) is 0 Å². The molecule has 5 aromatic carbocycles. The van der Waals surface area contributed by atoms with Gasteiger partial charge in [0.1, 0.15) is 11.5 Å². The maximum atomic E-state index is 11.9. The quantitative estimate of drug-likeness (QED) is 0.136. The number of para-hydroxylation sites is 3. The van der Waals surface area contributed by atoms with Gasteiger partial charge < -0.3 is 10.2 Å². The summed E-state index contributed by atoms with van der Waals surface area (Å²) in [6.45, 7) is 2.05.